The number of carbonyl (C=O) groups is 1. The van der Waals surface area contributed by atoms with Crippen LogP contribution in [-0.2, 0) is 0 Å². The molecule has 4 rings (SSSR count). The van der Waals surface area contributed by atoms with Crippen LogP contribution in [0.5, 0.6) is 5.75 Å². The summed E-state index contributed by atoms with van der Waals surface area (Å²) >= 11 is 0. The first-order chi connectivity index (χ1) is 14.0. The molecule has 0 spiro atoms. The number of amides is 1. The molecule has 1 amide bonds. The van der Waals surface area contributed by atoms with Crippen LogP contribution in [0.15, 0.2) is 51.7 Å². The summed E-state index contributed by atoms with van der Waals surface area (Å²) in [6.45, 7) is 2.56. The van der Waals surface area contributed by atoms with Crippen molar-refractivity contribution < 1.29 is 23.4 Å². The van der Waals surface area contributed by atoms with Crippen molar-refractivity contribution in [1.82, 2.24) is 4.90 Å². The Morgan fingerprint density at radius 1 is 1.17 bits per heavy atom. The molecule has 1 atom stereocenters. The molecule has 2 heterocycles. The molecule has 0 bridgehead atoms. The van der Waals surface area contributed by atoms with Crippen molar-refractivity contribution in [2.24, 2.45) is 0 Å². The highest BCUT2D eigenvalue weighted by Gasteiger charge is 2.42. The zero-order valence-corrected chi connectivity index (χ0v) is 15.9. The van der Waals surface area contributed by atoms with Gasteiger partial charge >= 0.3 is 0 Å². The summed E-state index contributed by atoms with van der Waals surface area (Å²) in [6.07, 6.45) is 0.357. The highest BCUT2D eigenvalue weighted by atomic mass is 19.1. The van der Waals surface area contributed by atoms with E-state index in [4.69, 9.17) is 9.15 Å². The summed E-state index contributed by atoms with van der Waals surface area (Å²) in [5.41, 5.74) is 0.634. The third-order valence-electron chi connectivity index (χ3n) is 4.99. The van der Waals surface area contributed by atoms with Crippen molar-refractivity contribution in [1.29, 1.82) is 0 Å². The van der Waals surface area contributed by atoms with E-state index in [1.807, 2.05) is 6.92 Å². The molecule has 0 unspecified atom stereocenters. The van der Waals surface area contributed by atoms with E-state index in [0.29, 0.717) is 24.3 Å². The number of benzene rings is 2. The van der Waals surface area contributed by atoms with Gasteiger partial charge in [0.05, 0.1) is 23.6 Å². The molecule has 7 heteroatoms. The molecule has 1 N–H and O–H groups in total. The predicted molar refractivity (Wildman–Crippen MR) is 105 cm³/mol. The summed E-state index contributed by atoms with van der Waals surface area (Å²) in [7, 11) is 0. The van der Waals surface area contributed by atoms with Gasteiger partial charge < -0.3 is 19.2 Å². The van der Waals surface area contributed by atoms with Gasteiger partial charge in [0.25, 0.3) is 5.91 Å². The topological polar surface area (TPSA) is 80.0 Å². The molecule has 1 aliphatic rings. The second-order valence-electron chi connectivity index (χ2n) is 6.79. The number of fused-ring (bicyclic) bond motifs is 2. The van der Waals surface area contributed by atoms with Crippen molar-refractivity contribution >= 4 is 16.9 Å². The first-order valence-electron chi connectivity index (χ1n) is 9.46. The summed E-state index contributed by atoms with van der Waals surface area (Å²) in [4.78, 5) is 27.8. The fraction of sp³-hybridized carbons (Fsp3) is 0.273. The monoisotopic (exact) mass is 397 g/mol. The lowest BCUT2D eigenvalue weighted by Gasteiger charge is -2.25. The number of rotatable bonds is 6. The number of hydrogen-bond donors (Lipinski definition) is 1. The molecule has 0 fully saturated rings. The Kier molecular flexibility index (Phi) is 5.07. The van der Waals surface area contributed by atoms with Gasteiger partial charge in [0.1, 0.15) is 17.1 Å². The Morgan fingerprint density at radius 2 is 1.93 bits per heavy atom. The minimum atomic E-state index is -0.677. The minimum absolute atomic E-state index is 0.0362. The van der Waals surface area contributed by atoms with Gasteiger partial charge in [-0.2, -0.15) is 0 Å². The van der Waals surface area contributed by atoms with Gasteiger partial charge in [0.2, 0.25) is 5.76 Å². The van der Waals surface area contributed by atoms with Crippen LogP contribution < -0.4 is 10.2 Å². The highest BCUT2D eigenvalue weighted by molar-refractivity contribution is 5.99. The van der Waals surface area contributed by atoms with E-state index >= 15 is 0 Å². The maximum absolute atomic E-state index is 13.7. The van der Waals surface area contributed by atoms with Gasteiger partial charge in [-0.3, -0.25) is 9.59 Å². The second kappa shape index (κ2) is 7.67. The smallest absolute Gasteiger partial charge is 0.290 e. The van der Waals surface area contributed by atoms with Crippen LogP contribution in [-0.4, -0.2) is 35.7 Å². The standard InChI is InChI=1S/C22H20FNO5/c1-2-28-15-7-4-13(5-8-15)19-18-20(26)16-12-14(23)6-9-17(16)29-21(18)22(27)24(19)10-3-11-25/h4-9,12,19,25H,2-3,10-11H2,1H3/t19-/m1/s1. The first-order valence-corrected chi connectivity index (χ1v) is 9.46. The van der Waals surface area contributed by atoms with E-state index in [9.17, 15) is 19.1 Å². The van der Waals surface area contributed by atoms with Gasteiger partial charge in [-0.05, 0) is 49.2 Å². The lowest BCUT2D eigenvalue weighted by atomic mass is 9.98. The van der Waals surface area contributed by atoms with Crippen molar-refractivity contribution in [3.63, 3.8) is 0 Å². The summed E-state index contributed by atoms with van der Waals surface area (Å²) in [5.74, 6) is -0.333. The predicted octanol–water partition coefficient (Wildman–Crippen LogP) is 3.26. The third kappa shape index (κ3) is 3.27. The Bertz CT molecular complexity index is 1120. The van der Waals surface area contributed by atoms with Gasteiger partial charge in [-0.25, -0.2) is 4.39 Å². The van der Waals surface area contributed by atoms with Crippen molar-refractivity contribution in [2.75, 3.05) is 19.8 Å². The molecule has 6 nitrogen and oxygen atoms in total. The average molecular weight is 397 g/mol. The SMILES string of the molecule is CCOc1ccc([C@@H]2c3c(oc4ccc(F)cc4c3=O)C(=O)N2CCCO)cc1. The quantitative estimate of drug-likeness (QED) is 0.691. The van der Waals surface area contributed by atoms with E-state index in [-0.39, 0.29) is 35.4 Å². The second-order valence-corrected chi connectivity index (χ2v) is 6.79. The van der Waals surface area contributed by atoms with Crippen molar-refractivity contribution in [3.8, 4) is 5.75 Å². The Morgan fingerprint density at radius 3 is 2.62 bits per heavy atom. The van der Waals surface area contributed by atoms with E-state index in [0.717, 1.165) is 6.07 Å². The van der Waals surface area contributed by atoms with Crippen LogP contribution in [0.4, 0.5) is 4.39 Å². The number of ether oxygens (including phenoxy) is 1. The fourth-order valence-electron chi connectivity index (χ4n) is 3.72. The molecular formula is C22H20FNO5. The van der Waals surface area contributed by atoms with Crippen LogP contribution >= 0.6 is 0 Å². The molecule has 2 aromatic carbocycles. The number of hydrogen-bond acceptors (Lipinski definition) is 5. The molecule has 1 aromatic heterocycles. The summed E-state index contributed by atoms with van der Waals surface area (Å²) in [5, 5.41) is 9.33. The number of carbonyl (C=O) groups excluding carboxylic acids is 1. The van der Waals surface area contributed by atoms with Crippen LogP contribution in [0, 0.1) is 5.82 Å². The number of aliphatic hydroxyl groups is 1. The molecular weight excluding hydrogens is 377 g/mol. The molecule has 0 aliphatic carbocycles. The molecule has 0 saturated heterocycles. The third-order valence-corrected chi connectivity index (χ3v) is 4.99. The molecule has 0 saturated carbocycles. The molecule has 1 aliphatic heterocycles. The van der Waals surface area contributed by atoms with Crippen molar-refractivity contribution in [2.45, 2.75) is 19.4 Å². The number of halogens is 1. The van der Waals surface area contributed by atoms with E-state index in [1.165, 1.54) is 17.0 Å². The summed E-state index contributed by atoms with van der Waals surface area (Å²) < 4.78 is 24.9. The highest BCUT2D eigenvalue weighted by Crippen LogP contribution is 2.38. The minimum Gasteiger partial charge on any atom is -0.494 e. The Hall–Kier alpha value is -3.19. The van der Waals surface area contributed by atoms with E-state index in [1.54, 1.807) is 24.3 Å². The fourth-order valence-corrected chi connectivity index (χ4v) is 3.72. The van der Waals surface area contributed by atoms with Gasteiger partial charge in [-0.15, -0.1) is 0 Å². The maximum Gasteiger partial charge on any atom is 0.290 e. The van der Waals surface area contributed by atoms with Crippen LogP contribution in [0.1, 0.15) is 41.1 Å². The molecule has 0 radical (unpaired) electrons. The lowest BCUT2D eigenvalue weighted by molar-refractivity contribution is 0.0716. The number of nitrogens with zero attached hydrogens (tertiary/aromatic N) is 1. The molecule has 29 heavy (non-hydrogen) atoms. The molecule has 150 valence electrons. The average Bonchev–Trinajstić information content (AvgIpc) is 3.00. The van der Waals surface area contributed by atoms with Crippen LogP contribution in [0.2, 0.25) is 0 Å². The van der Waals surface area contributed by atoms with Crippen LogP contribution in [0.3, 0.4) is 0 Å². The first kappa shape index (κ1) is 19.1. The lowest BCUT2D eigenvalue weighted by Crippen LogP contribution is -2.31. The number of aliphatic hydroxyl groups excluding tert-OH is 1. The normalized spacial score (nSPS) is 15.8. The molecule has 3 aromatic rings. The Labute approximate surface area is 166 Å². The van der Waals surface area contributed by atoms with Gasteiger partial charge in [0, 0.05) is 13.2 Å². The van der Waals surface area contributed by atoms with Crippen LogP contribution in [0.25, 0.3) is 11.0 Å². The van der Waals surface area contributed by atoms with Crippen molar-refractivity contribution in [3.05, 3.63) is 75.4 Å². The van der Waals surface area contributed by atoms with E-state index in [2.05, 4.69) is 0 Å². The zero-order valence-electron chi connectivity index (χ0n) is 15.9. The largest absolute Gasteiger partial charge is 0.494 e. The Balaban J connectivity index is 1.90. The van der Waals surface area contributed by atoms with Gasteiger partial charge in [0.15, 0.2) is 5.43 Å². The van der Waals surface area contributed by atoms with Gasteiger partial charge in [-0.1, -0.05) is 12.1 Å². The zero-order chi connectivity index (χ0) is 20.5. The van der Waals surface area contributed by atoms with E-state index < -0.39 is 23.2 Å². The maximum atomic E-state index is 13.7. The summed E-state index contributed by atoms with van der Waals surface area (Å²) in [6, 6.07) is 10.1.